The van der Waals surface area contributed by atoms with Crippen LogP contribution in [0.1, 0.15) is 25.3 Å². The van der Waals surface area contributed by atoms with Crippen LogP contribution >= 0.6 is 0 Å². The average molecular weight is 330 g/mol. The van der Waals surface area contributed by atoms with Crippen LogP contribution in [0.15, 0.2) is 30.3 Å². The number of piperidine rings is 1. The number of nitrogens with zero attached hydrogens (tertiary/aromatic N) is 2. The van der Waals surface area contributed by atoms with E-state index in [1.54, 1.807) is 6.92 Å². The molecule has 130 valence electrons. The van der Waals surface area contributed by atoms with Gasteiger partial charge in [0.1, 0.15) is 0 Å². The Morgan fingerprint density at radius 1 is 1.12 bits per heavy atom. The number of rotatable bonds is 3. The molecule has 2 amide bonds. The number of aryl methyl sites for hydroxylation is 1. The molecule has 2 heterocycles. The molecule has 1 aromatic rings. The van der Waals surface area contributed by atoms with Crippen molar-refractivity contribution in [2.75, 3.05) is 32.8 Å². The van der Waals surface area contributed by atoms with Crippen LogP contribution in [0.4, 0.5) is 0 Å². The summed E-state index contributed by atoms with van der Waals surface area (Å²) in [5.74, 6) is 0.656. The van der Waals surface area contributed by atoms with E-state index >= 15 is 0 Å². The molecule has 0 aliphatic carbocycles. The largest absolute Gasteiger partial charge is 0.374 e. The molecule has 0 saturated carbocycles. The van der Waals surface area contributed by atoms with Crippen LogP contribution in [0, 0.1) is 5.92 Å². The van der Waals surface area contributed by atoms with E-state index < -0.39 is 0 Å². The van der Waals surface area contributed by atoms with Crippen molar-refractivity contribution in [1.82, 2.24) is 9.80 Å². The monoisotopic (exact) mass is 330 g/mol. The standard InChI is InChI=1S/C19H26N2O3/c1-15(22)20-11-12-24-18-14-21(10-9-17(18)13-20)19(23)8-7-16-5-3-2-4-6-16/h2-6,17-18H,7-14H2,1H3/t17-,18-/m1/s1. The molecule has 2 aliphatic heterocycles. The first kappa shape index (κ1) is 17.0. The second-order valence-electron chi connectivity index (χ2n) is 6.75. The zero-order valence-electron chi connectivity index (χ0n) is 14.3. The summed E-state index contributed by atoms with van der Waals surface area (Å²) in [5.41, 5.74) is 1.20. The summed E-state index contributed by atoms with van der Waals surface area (Å²) >= 11 is 0. The zero-order chi connectivity index (χ0) is 16.9. The lowest BCUT2D eigenvalue weighted by molar-refractivity contribution is -0.137. The Balaban J connectivity index is 1.52. The van der Waals surface area contributed by atoms with Gasteiger partial charge in [-0.2, -0.15) is 0 Å². The molecule has 5 heteroatoms. The van der Waals surface area contributed by atoms with Gasteiger partial charge in [-0.1, -0.05) is 30.3 Å². The maximum Gasteiger partial charge on any atom is 0.222 e. The number of hydrogen-bond donors (Lipinski definition) is 0. The topological polar surface area (TPSA) is 49.9 Å². The minimum absolute atomic E-state index is 0.0591. The van der Waals surface area contributed by atoms with Gasteiger partial charge in [0.25, 0.3) is 0 Å². The molecule has 0 aromatic heterocycles. The number of carbonyl (C=O) groups is 2. The lowest BCUT2D eigenvalue weighted by atomic mass is 9.93. The highest BCUT2D eigenvalue weighted by Crippen LogP contribution is 2.24. The number of amides is 2. The van der Waals surface area contributed by atoms with Crippen molar-refractivity contribution < 1.29 is 14.3 Å². The first-order valence-corrected chi connectivity index (χ1v) is 8.82. The van der Waals surface area contributed by atoms with Crippen LogP contribution in [0.25, 0.3) is 0 Å². The van der Waals surface area contributed by atoms with E-state index in [1.165, 1.54) is 5.56 Å². The predicted octanol–water partition coefficient (Wildman–Crippen LogP) is 1.71. The predicted molar refractivity (Wildman–Crippen MR) is 91.4 cm³/mol. The third-order valence-electron chi connectivity index (χ3n) is 5.11. The molecule has 24 heavy (non-hydrogen) atoms. The van der Waals surface area contributed by atoms with E-state index in [0.717, 1.165) is 25.9 Å². The molecule has 3 rings (SSSR count). The van der Waals surface area contributed by atoms with Crippen molar-refractivity contribution in [2.24, 2.45) is 5.92 Å². The smallest absolute Gasteiger partial charge is 0.222 e. The summed E-state index contributed by atoms with van der Waals surface area (Å²) in [6, 6.07) is 10.1. The fourth-order valence-corrected chi connectivity index (χ4v) is 3.62. The van der Waals surface area contributed by atoms with Crippen LogP contribution in [0.5, 0.6) is 0 Å². The van der Waals surface area contributed by atoms with Gasteiger partial charge >= 0.3 is 0 Å². The van der Waals surface area contributed by atoms with Crippen molar-refractivity contribution in [2.45, 2.75) is 32.3 Å². The minimum atomic E-state index is 0.0591. The lowest BCUT2D eigenvalue weighted by Gasteiger charge is -2.38. The molecular weight excluding hydrogens is 304 g/mol. The van der Waals surface area contributed by atoms with Gasteiger partial charge in [-0.3, -0.25) is 9.59 Å². The molecule has 1 aromatic carbocycles. The highest BCUT2D eigenvalue weighted by Gasteiger charge is 2.35. The highest BCUT2D eigenvalue weighted by atomic mass is 16.5. The number of benzene rings is 1. The molecule has 0 spiro atoms. The van der Waals surface area contributed by atoms with Crippen LogP contribution in [0.3, 0.4) is 0 Å². The molecule has 2 aliphatic rings. The molecular formula is C19H26N2O3. The van der Waals surface area contributed by atoms with Crippen molar-refractivity contribution in [1.29, 1.82) is 0 Å². The number of fused-ring (bicyclic) bond motifs is 1. The molecule has 0 N–H and O–H groups in total. The van der Waals surface area contributed by atoms with E-state index in [1.807, 2.05) is 28.0 Å². The van der Waals surface area contributed by atoms with Crippen LogP contribution in [-0.2, 0) is 20.7 Å². The molecule has 2 saturated heterocycles. The van der Waals surface area contributed by atoms with E-state index in [-0.39, 0.29) is 17.9 Å². The number of hydrogen-bond acceptors (Lipinski definition) is 3. The third kappa shape index (κ3) is 4.15. The summed E-state index contributed by atoms with van der Waals surface area (Å²) in [6.07, 6.45) is 2.29. The van der Waals surface area contributed by atoms with Gasteiger partial charge in [0.05, 0.1) is 12.7 Å². The van der Waals surface area contributed by atoms with E-state index in [0.29, 0.717) is 32.0 Å². The number of carbonyl (C=O) groups excluding carboxylic acids is 2. The fourth-order valence-electron chi connectivity index (χ4n) is 3.62. The average Bonchev–Trinajstić information content (AvgIpc) is 2.82. The molecule has 0 bridgehead atoms. The third-order valence-corrected chi connectivity index (χ3v) is 5.11. The molecule has 2 fully saturated rings. The summed E-state index contributed by atoms with van der Waals surface area (Å²) in [4.78, 5) is 27.9. The van der Waals surface area contributed by atoms with Crippen LogP contribution in [-0.4, -0.2) is 60.5 Å². The second kappa shape index (κ2) is 7.79. The fraction of sp³-hybridized carbons (Fsp3) is 0.579. The molecule has 5 nitrogen and oxygen atoms in total. The highest BCUT2D eigenvalue weighted by molar-refractivity contribution is 5.76. The van der Waals surface area contributed by atoms with Crippen LogP contribution in [0.2, 0.25) is 0 Å². The summed E-state index contributed by atoms with van der Waals surface area (Å²) in [7, 11) is 0. The van der Waals surface area contributed by atoms with Gasteiger partial charge in [-0.15, -0.1) is 0 Å². The van der Waals surface area contributed by atoms with E-state index in [9.17, 15) is 9.59 Å². The number of likely N-dealkylation sites (tertiary alicyclic amines) is 1. The maximum absolute atomic E-state index is 12.5. The van der Waals surface area contributed by atoms with Gasteiger partial charge in [0.2, 0.25) is 11.8 Å². The minimum Gasteiger partial charge on any atom is -0.374 e. The quantitative estimate of drug-likeness (QED) is 0.848. The van der Waals surface area contributed by atoms with Gasteiger partial charge in [-0.05, 0) is 18.4 Å². The molecule has 2 atom stereocenters. The molecule has 0 radical (unpaired) electrons. The lowest BCUT2D eigenvalue weighted by Crippen LogP contribution is -2.49. The zero-order valence-corrected chi connectivity index (χ0v) is 14.3. The summed E-state index contributed by atoms with van der Waals surface area (Å²) in [5, 5.41) is 0. The van der Waals surface area contributed by atoms with Crippen LogP contribution < -0.4 is 0 Å². The Hall–Kier alpha value is -1.88. The normalized spacial score (nSPS) is 24.2. The van der Waals surface area contributed by atoms with Gasteiger partial charge in [0, 0.05) is 45.4 Å². The Morgan fingerprint density at radius 2 is 1.92 bits per heavy atom. The van der Waals surface area contributed by atoms with E-state index in [2.05, 4.69) is 12.1 Å². The Morgan fingerprint density at radius 3 is 2.67 bits per heavy atom. The molecule has 0 unspecified atom stereocenters. The summed E-state index contributed by atoms with van der Waals surface area (Å²) in [6.45, 7) is 5.01. The SMILES string of the molecule is CC(=O)N1CCO[C@@H]2CN(C(=O)CCc3ccccc3)CC[C@@H]2C1. The first-order chi connectivity index (χ1) is 11.6. The Labute approximate surface area is 143 Å². The van der Waals surface area contributed by atoms with Crippen molar-refractivity contribution in [3.8, 4) is 0 Å². The van der Waals surface area contributed by atoms with Crippen molar-refractivity contribution >= 4 is 11.8 Å². The van der Waals surface area contributed by atoms with Gasteiger partial charge in [-0.25, -0.2) is 0 Å². The van der Waals surface area contributed by atoms with Gasteiger partial charge in [0.15, 0.2) is 0 Å². The first-order valence-electron chi connectivity index (χ1n) is 8.82. The van der Waals surface area contributed by atoms with Crippen molar-refractivity contribution in [3.05, 3.63) is 35.9 Å². The number of ether oxygens (including phenoxy) is 1. The van der Waals surface area contributed by atoms with E-state index in [4.69, 9.17) is 4.74 Å². The Bertz CT molecular complexity index is 575. The summed E-state index contributed by atoms with van der Waals surface area (Å²) < 4.78 is 5.94. The van der Waals surface area contributed by atoms with Crippen molar-refractivity contribution in [3.63, 3.8) is 0 Å². The maximum atomic E-state index is 12.5. The second-order valence-corrected chi connectivity index (χ2v) is 6.75. The van der Waals surface area contributed by atoms with Gasteiger partial charge < -0.3 is 14.5 Å². The Kier molecular flexibility index (Phi) is 5.51.